The first kappa shape index (κ1) is 18.2. The molecule has 0 bridgehead atoms. The summed E-state index contributed by atoms with van der Waals surface area (Å²) < 4.78 is 11.0. The summed E-state index contributed by atoms with van der Waals surface area (Å²) in [7, 11) is 0. The van der Waals surface area contributed by atoms with E-state index >= 15 is 0 Å². The number of hydrogen-bond donors (Lipinski definition) is 0. The number of rotatable bonds is 3. The minimum absolute atomic E-state index is 0.0373. The first-order valence-corrected chi connectivity index (χ1v) is 8.27. The maximum Gasteiger partial charge on any atom is 0.308 e. The van der Waals surface area contributed by atoms with Gasteiger partial charge in [0, 0.05) is 13.8 Å². The molecule has 3 rings (SSSR count). The number of carbonyl (C=O) groups excluding carboxylic acids is 2. The van der Waals surface area contributed by atoms with Crippen molar-refractivity contribution in [3.63, 3.8) is 0 Å². The van der Waals surface area contributed by atoms with Crippen LogP contribution in [0.1, 0.15) is 31.3 Å². The number of carbonyl (C=O) groups is 2. The Kier molecular flexibility index (Phi) is 5.11. The van der Waals surface area contributed by atoms with Crippen LogP contribution in [0.4, 0.5) is 0 Å². The van der Waals surface area contributed by atoms with Gasteiger partial charge in [0.05, 0.1) is 10.6 Å². The van der Waals surface area contributed by atoms with Crippen molar-refractivity contribution >= 4 is 41.0 Å². The minimum atomic E-state index is -0.935. The number of hydrazone groups is 1. The molecule has 2 aromatic rings. The summed E-state index contributed by atoms with van der Waals surface area (Å²) in [6.45, 7) is 2.62. The van der Waals surface area contributed by atoms with Gasteiger partial charge in [-0.25, -0.2) is 4.98 Å². The molecule has 1 unspecified atom stereocenters. The van der Waals surface area contributed by atoms with Crippen LogP contribution in [0.2, 0.25) is 10.2 Å². The minimum Gasteiger partial charge on any atom is -0.444 e. The fraction of sp³-hybridized carbons (Fsp3) is 0.176. The molecule has 0 fully saturated rings. The van der Waals surface area contributed by atoms with Crippen LogP contribution in [0.15, 0.2) is 41.5 Å². The van der Waals surface area contributed by atoms with Gasteiger partial charge in [-0.15, -0.1) is 5.10 Å². The van der Waals surface area contributed by atoms with Gasteiger partial charge >= 0.3 is 5.97 Å². The molecule has 134 valence electrons. The van der Waals surface area contributed by atoms with E-state index in [0.29, 0.717) is 5.56 Å². The van der Waals surface area contributed by atoms with Crippen LogP contribution in [-0.2, 0) is 14.3 Å². The number of nitrogens with zero attached hydrogens (tertiary/aromatic N) is 3. The van der Waals surface area contributed by atoms with E-state index in [1.807, 2.05) is 0 Å². The number of hydrogen-bond acceptors (Lipinski definition) is 6. The second-order valence-electron chi connectivity index (χ2n) is 5.33. The SMILES string of the molecule is CC(=O)Oc1ccccc1C1OC(c2nc(Cl)ccc2Cl)=NN1C(C)=O. The zero-order valence-electron chi connectivity index (χ0n) is 13.8. The quantitative estimate of drug-likeness (QED) is 0.452. The number of para-hydroxylation sites is 1. The number of ether oxygens (including phenoxy) is 2. The molecule has 2 heterocycles. The topological polar surface area (TPSA) is 81.1 Å². The van der Waals surface area contributed by atoms with Crippen molar-refractivity contribution in [1.29, 1.82) is 0 Å². The standard InChI is InChI=1S/C17H13Cl2N3O4/c1-9(23)22-17(11-5-3-4-6-13(11)25-10(2)24)26-16(21-22)15-12(18)7-8-14(19)20-15/h3-8,17H,1-2H3. The van der Waals surface area contributed by atoms with E-state index in [0.717, 1.165) is 5.01 Å². The molecule has 0 saturated heterocycles. The van der Waals surface area contributed by atoms with Gasteiger partial charge in [-0.3, -0.25) is 9.59 Å². The molecular weight excluding hydrogens is 381 g/mol. The van der Waals surface area contributed by atoms with Crippen LogP contribution in [0, 0.1) is 0 Å². The lowest BCUT2D eigenvalue weighted by atomic mass is 10.1. The smallest absolute Gasteiger partial charge is 0.308 e. The maximum absolute atomic E-state index is 12.0. The third kappa shape index (κ3) is 3.63. The summed E-state index contributed by atoms with van der Waals surface area (Å²) in [4.78, 5) is 27.5. The molecule has 0 saturated carbocycles. The third-order valence-corrected chi connectivity index (χ3v) is 3.94. The Hall–Kier alpha value is -2.64. The monoisotopic (exact) mass is 393 g/mol. The Bertz CT molecular complexity index is 917. The number of aromatic nitrogens is 1. The predicted molar refractivity (Wildman–Crippen MR) is 94.9 cm³/mol. The van der Waals surface area contributed by atoms with Crippen LogP contribution in [-0.4, -0.2) is 27.8 Å². The van der Waals surface area contributed by atoms with Crippen molar-refractivity contribution in [2.45, 2.75) is 20.1 Å². The highest BCUT2D eigenvalue weighted by Crippen LogP contribution is 2.36. The van der Waals surface area contributed by atoms with Gasteiger partial charge < -0.3 is 9.47 Å². The van der Waals surface area contributed by atoms with E-state index in [1.54, 1.807) is 30.3 Å². The Labute approximate surface area is 159 Å². The number of amides is 1. The lowest BCUT2D eigenvalue weighted by molar-refractivity contribution is -0.135. The molecule has 7 nitrogen and oxygen atoms in total. The fourth-order valence-corrected chi connectivity index (χ4v) is 2.70. The Balaban J connectivity index is 2.02. The largest absolute Gasteiger partial charge is 0.444 e. The maximum atomic E-state index is 12.0. The number of halogens is 2. The number of benzene rings is 1. The average molecular weight is 394 g/mol. The molecule has 26 heavy (non-hydrogen) atoms. The lowest BCUT2D eigenvalue weighted by Crippen LogP contribution is -2.26. The summed E-state index contributed by atoms with van der Waals surface area (Å²) >= 11 is 12.1. The Morgan fingerprint density at radius 3 is 2.58 bits per heavy atom. The fourth-order valence-electron chi connectivity index (χ4n) is 2.36. The van der Waals surface area contributed by atoms with Crippen LogP contribution < -0.4 is 4.74 Å². The molecule has 0 radical (unpaired) electrons. The van der Waals surface area contributed by atoms with Gasteiger partial charge in [-0.2, -0.15) is 5.01 Å². The molecule has 9 heteroatoms. The summed E-state index contributed by atoms with van der Waals surface area (Å²) in [6, 6.07) is 9.78. The summed E-state index contributed by atoms with van der Waals surface area (Å²) in [6.07, 6.45) is -0.935. The summed E-state index contributed by atoms with van der Waals surface area (Å²) in [5.74, 6) is -0.570. The van der Waals surface area contributed by atoms with E-state index in [-0.39, 0.29) is 33.4 Å². The number of esters is 1. The van der Waals surface area contributed by atoms with Crippen molar-refractivity contribution in [3.05, 3.63) is 57.8 Å². The first-order chi connectivity index (χ1) is 12.4. The van der Waals surface area contributed by atoms with E-state index in [2.05, 4.69) is 10.1 Å². The Morgan fingerprint density at radius 2 is 1.88 bits per heavy atom. The van der Waals surface area contributed by atoms with Gasteiger partial charge in [-0.05, 0) is 24.3 Å². The summed E-state index contributed by atoms with van der Waals surface area (Å²) in [5, 5.41) is 5.76. The normalized spacial score (nSPS) is 16.1. The van der Waals surface area contributed by atoms with E-state index in [9.17, 15) is 9.59 Å². The van der Waals surface area contributed by atoms with Gasteiger partial charge in [0.2, 0.25) is 12.1 Å². The van der Waals surface area contributed by atoms with Crippen molar-refractivity contribution in [2.75, 3.05) is 0 Å². The van der Waals surface area contributed by atoms with Gasteiger partial charge in [0.25, 0.3) is 5.90 Å². The van der Waals surface area contributed by atoms with E-state index in [4.69, 9.17) is 32.7 Å². The Morgan fingerprint density at radius 1 is 1.15 bits per heavy atom. The van der Waals surface area contributed by atoms with Crippen LogP contribution >= 0.6 is 23.2 Å². The van der Waals surface area contributed by atoms with Gasteiger partial charge in [0.15, 0.2) is 0 Å². The van der Waals surface area contributed by atoms with Crippen LogP contribution in [0.5, 0.6) is 5.75 Å². The second-order valence-corrected chi connectivity index (χ2v) is 6.13. The van der Waals surface area contributed by atoms with E-state index < -0.39 is 12.2 Å². The third-order valence-electron chi connectivity index (χ3n) is 3.42. The lowest BCUT2D eigenvalue weighted by Gasteiger charge is -2.21. The molecule has 1 atom stereocenters. The van der Waals surface area contributed by atoms with Crippen molar-refractivity contribution < 1.29 is 19.1 Å². The van der Waals surface area contributed by atoms with Crippen molar-refractivity contribution in [1.82, 2.24) is 9.99 Å². The highest BCUT2D eigenvalue weighted by Gasteiger charge is 2.36. The molecule has 1 aliphatic heterocycles. The predicted octanol–water partition coefficient (Wildman–Crippen LogP) is 3.55. The van der Waals surface area contributed by atoms with Gasteiger partial charge in [0.1, 0.15) is 16.6 Å². The molecule has 1 aromatic heterocycles. The molecule has 1 aliphatic rings. The van der Waals surface area contributed by atoms with Crippen LogP contribution in [0.3, 0.4) is 0 Å². The molecule has 1 aromatic carbocycles. The first-order valence-electron chi connectivity index (χ1n) is 7.51. The van der Waals surface area contributed by atoms with Crippen molar-refractivity contribution in [3.8, 4) is 5.75 Å². The molecule has 0 aliphatic carbocycles. The van der Waals surface area contributed by atoms with E-state index in [1.165, 1.54) is 19.9 Å². The average Bonchev–Trinajstić information content (AvgIpc) is 3.02. The molecule has 1 amide bonds. The van der Waals surface area contributed by atoms with Crippen molar-refractivity contribution in [2.24, 2.45) is 5.10 Å². The highest BCUT2D eigenvalue weighted by atomic mass is 35.5. The van der Waals surface area contributed by atoms with Gasteiger partial charge in [-0.1, -0.05) is 35.3 Å². The number of pyridine rings is 1. The molecule has 0 N–H and O–H groups in total. The highest BCUT2D eigenvalue weighted by molar-refractivity contribution is 6.34. The molecule has 0 spiro atoms. The zero-order chi connectivity index (χ0) is 18.8. The zero-order valence-corrected chi connectivity index (χ0v) is 15.3. The second kappa shape index (κ2) is 7.31. The molecular formula is C17H13Cl2N3O4. The summed E-state index contributed by atoms with van der Waals surface area (Å²) in [5.41, 5.74) is 0.660. The van der Waals surface area contributed by atoms with Crippen LogP contribution in [0.25, 0.3) is 0 Å².